The second-order valence-corrected chi connectivity index (χ2v) is 6.60. The summed E-state index contributed by atoms with van der Waals surface area (Å²) in [5.41, 5.74) is 1.00. The molecule has 21 heavy (non-hydrogen) atoms. The molecule has 0 fully saturated rings. The van der Waals surface area contributed by atoms with Crippen LogP contribution in [0.2, 0.25) is 0 Å². The number of rotatable bonds is 6. The van der Waals surface area contributed by atoms with E-state index in [0.717, 1.165) is 43.0 Å². The molecule has 1 heterocycles. The van der Waals surface area contributed by atoms with Gasteiger partial charge in [-0.2, -0.15) is 0 Å². The van der Waals surface area contributed by atoms with E-state index in [0.29, 0.717) is 0 Å². The van der Waals surface area contributed by atoms with Gasteiger partial charge in [0.2, 0.25) is 0 Å². The van der Waals surface area contributed by atoms with Crippen LogP contribution in [0.5, 0.6) is 11.5 Å². The number of nitrogens with one attached hydrogen (secondary N) is 1. The van der Waals surface area contributed by atoms with Gasteiger partial charge in [-0.15, -0.1) is 0 Å². The van der Waals surface area contributed by atoms with Crippen molar-refractivity contribution < 1.29 is 9.47 Å². The molecule has 1 unspecified atom stereocenters. The Bertz CT molecular complexity index is 472. The van der Waals surface area contributed by atoms with E-state index >= 15 is 0 Å². The highest BCUT2D eigenvalue weighted by molar-refractivity contribution is 5.48. The quantitative estimate of drug-likeness (QED) is 0.818. The molecule has 1 N–H and O–H groups in total. The van der Waals surface area contributed by atoms with Gasteiger partial charge in [0.05, 0.1) is 12.7 Å². The predicted octanol–water partition coefficient (Wildman–Crippen LogP) is 2.84. The first kappa shape index (κ1) is 16.1. The van der Waals surface area contributed by atoms with Gasteiger partial charge in [0.1, 0.15) is 17.1 Å². The summed E-state index contributed by atoms with van der Waals surface area (Å²) in [6.45, 7) is 6.38. The van der Waals surface area contributed by atoms with Crippen molar-refractivity contribution in [3.05, 3.63) is 23.8 Å². The highest BCUT2D eigenvalue weighted by Crippen LogP contribution is 2.43. The van der Waals surface area contributed by atoms with Crippen LogP contribution in [0, 0.1) is 0 Å². The molecule has 0 spiro atoms. The lowest BCUT2D eigenvalue weighted by molar-refractivity contribution is 0.0647. The van der Waals surface area contributed by atoms with Gasteiger partial charge in [-0.25, -0.2) is 0 Å². The zero-order valence-electron chi connectivity index (χ0n) is 13.9. The Balaban J connectivity index is 2.13. The summed E-state index contributed by atoms with van der Waals surface area (Å²) in [7, 11) is 5.93. The van der Waals surface area contributed by atoms with Crippen molar-refractivity contribution >= 4 is 0 Å². The van der Waals surface area contributed by atoms with E-state index in [4.69, 9.17) is 9.47 Å². The maximum atomic E-state index is 6.11. The summed E-state index contributed by atoms with van der Waals surface area (Å²) < 4.78 is 11.6. The third kappa shape index (κ3) is 4.11. The Kier molecular flexibility index (Phi) is 5.12. The highest BCUT2D eigenvalue weighted by Gasteiger charge is 2.35. The number of methoxy groups -OCH3 is 1. The van der Waals surface area contributed by atoms with Gasteiger partial charge in [0.25, 0.3) is 0 Å². The van der Waals surface area contributed by atoms with Crippen LogP contribution in [0.25, 0.3) is 0 Å². The van der Waals surface area contributed by atoms with Crippen LogP contribution in [-0.4, -0.2) is 44.8 Å². The summed E-state index contributed by atoms with van der Waals surface area (Å²) in [6.07, 6.45) is 2.08. The maximum Gasteiger partial charge on any atom is 0.128 e. The van der Waals surface area contributed by atoms with Crippen LogP contribution in [0.3, 0.4) is 0 Å². The first-order valence-corrected chi connectivity index (χ1v) is 7.67. The molecule has 0 aliphatic carbocycles. The molecule has 1 aliphatic heterocycles. The lowest BCUT2D eigenvalue weighted by atomic mass is 9.89. The molecular formula is C17H28N2O2. The molecule has 0 aromatic heterocycles. The Morgan fingerprint density at radius 1 is 1.38 bits per heavy atom. The van der Waals surface area contributed by atoms with Crippen molar-refractivity contribution in [2.24, 2.45) is 0 Å². The van der Waals surface area contributed by atoms with Gasteiger partial charge in [-0.1, -0.05) is 6.07 Å². The van der Waals surface area contributed by atoms with Crippen LogP contribution in [-0.2, 0) is 0 Å². The van der Waals surface area contributed by atoms with Crippen molar-refractivity contribution in [3.63, 3.8) is 0 Å². The van der Waals surface area contributed by atoms with E-state index in [1.54, 1.807) is 7.11 Å². The first-order chi connectivity index (χ1) is 9.93. The molecule has 1 aliphatic rings. The van der Waals surface area contributed by atoms with Crippen LogP contribution in [0.1, 0.15) is 38.3 Å². The fourth-order valence-electron chi connectivity index (χ4n) is 2.91. The summed E-state index contributed by atoms with van der Waals surface area (Å²) in [6, 6.07) is 6.31. The Morgan fingerprint density at radius 3 is 2.81 bits per heavy atom. The van der Waals surface area contributed by atoms with Gasteiger partial charge >= 0.3 is 0 Å². The minimum atomic E-state index is -0.154. The standard InChI is InChI=1S/C17H28N2O2/c1-17(2)12-13(18-10-7-11-19(3)4)16-14(20-5)8-6-9-15(16)21-17/h6,8-9,13,18H,7,10-12H2,1-5H3. The van der Waals surface area contributed by atoms with Gasteiger partial charge in [-0.3, -0.25) is 0 Å². The molecule has 4 heteroatoms. The van der Waals surface area contributed by atoms with Crippen LogP contribution >= 0.6 is 0 Å². The fourth-order valence-corrected chi connectivity index (χ4v) is 2.91. The van der Waals surface area contributed by atoms with Gasteiger partial charge < -0.3 is 19.7 Å². The number of fused-ring (bicyclic) bond motifs is 1. The van der Waals surface area contributed by atoms with Crippen molar-refractivity contribution in [2.45, 2.75) is 38.3 Å². The molecule has 1 aromatic carbocycles. The van der Waals surface area contributed by atoms with Crippen LogP contribution in [0.4, 0.5) is 0 Å². The smallest absolute Gasteiger partial charge is 0.128 e. The molecule has 0 saturated carbocycles. The van der Waals surface area contributed by atoms with Crippen molar-refractivity contribution in [3.8, 4) is 11.5 Å². The van der Waals surface area contributed by atoms with E-state index in [2.05, 4.69) is 38.2 Å². The zero-order chi connectivity index (χ0) is 15.5. The Morgan fingerprint density at radius 2 is 2.14 bits per heavy atom. The van der Waals surface area contributed by atoms with Gasteiger partial charge in [0, 0.05) is 12.5 Å². The normalized spacial score (nSPS) is 20.0. The molecule has 1 aromatic rings. The largest absolute Gasteiger partial charge is 0.496 e. The Labute approximate surface area is 128 Å². The SMILES string of the molecule is COc1cccc2c1C(NCCCN(C)C)CC(C)(C)O2. The third-order valence-electron chi connectivity index (χ3n) is 3.85. The minimum Gasteiger partial charge on any atom is -0.496 e. The maximum absolute atomic E-state index is 6.11. The second kappa shape index (κ2) is 6.67. The van der Waals surface area contributed by atoms with E-state index in [9.17, 15) is 0 Å². The van der Waals surface area contributed by atoms with Gasteiger partial charge in [0.15, 0.2) is 0 Å². The number of ether oxygens (including phenoxy) is 2. The average molecular weight is 292 g/mol. The molecule has 0 saturated heterocycles. The molecule has 0 radical (unpaired) electrons. The number of nitrogens with zero attached hydrogens (tertiary/aromatic N) is 1. The number of hydrogen-bond donors (Lipinski definition) is 1. The zero-order valence-corrected chi connectivity index (χ0v) is 13.9. The number of benzene rings is 1. The fraction of sp³-hybridized carbons (Fsp3) is 0.647. The molecular weight excluding hydrogens is 264 g/mol. The number of hydrogen-bond acceptors (Lipinski definition) is 4. The summed E-state index contributed by atoms with van der Waals surface area (Å²) in [4.78, 5) is 2.21. The van der Waals surface area contributed by atoms with Crippen LogP contribution < -0.4 is 14.8 Å². The van der Waals surface area contributed by atoms with E-state index in [-0.39, 0.29) is 11.6 Å². The lowest BCUT2D eigenvalue weighted by Gasteiger charge is -2.38. The van der Waals surface area contributed by atoms with E-state index < -0.39 is 0 Å². The van der Waals surface area contributed by atoms with Crippen molar-refractivity contribution in [2.75, 3.05) is 34.3 Å². The lowest BCUT2D eigenvalue weighted by Crippen LogP contribution is -2.40. The summed E-state index contributed by atoms with van der Waals surface area (Å²) >= 11 is 0. The van der Waals surface area contributed by atoms with Crippen LogP contribution in [0.15, 0.2) is 18.2 Å². The van der Waals surface area contributed by atoms with E-state index in [1.165, 1.54) is 0 Å². The van der Waals surface area contributed by atoms with Crippen molar-refractivity contribution in [1.29, 1.82) is 0 Å². The second-order valence-electron chi connectivity index (χ2n) is 6.60. The van der Waals surface area contributed by atoms with Crippen molar-refractivity contribution in [1.82, 2.24) is 10.2 Å². The summed E-state index contributed by atoms with van der Waals surface area (Å²) in [5, 5.41) is 3.68. The average Bonchev–Trinajstić information content (AvgIpc) is 2.41. The third-order valence-corrected chi connectivity index (χ3v) is 3.85. The molecule has 0 bridgehead atoms. The molecule has 118 valence electrons. The highest BCUT2D eigenvalue weighted by atomic mass is 16.5. The molecule has 4 nitrogen and oxygen atoms in total. The minimum absolute atomic E-state index is 0.154. The monoisotopic (exact) mass is 292 g/mol. The molecule has 0 amide bonds. The van der Waals surface area contributed by atoms with Gasteiger partial charge in [-0.05, 0) is 59.6 Å². The first-order valence-electron chi connectivity index (χ1n) is 7.67. The molecule has 1 atom stereocenters. The molecule has 2 rings (SSSR count). The Hall–Kier alpha value is -1.26. The summed E-state index contributed by atoms with van der Waals surface area (Å²) in [5.74, 6) is 1.85. The topological polar surface area (TPSA) is 33.7 Å². The van der Waals surface area contributed by atoms with E-state index in [1.807, 2.05) is 18.2 Å². The predicted molar refractivity (Wildman–Crippen MR) is 86.2 cm³/mol.